The van der Waals surface area contributed by atoms with Crippen LogP contribution >= 0.6 is 0 Å². The van der Waals surface area contributed by atoms with Crippen LogP contribution in [-0.2, 0) is 6.54 Å². The summed E-state index contributed by atoms with van der Waals surface area (Å²) in [5.41, 5.74) is 2.65. The molecule has 0 saturated heterocycles. The zero-order chi connectivity index (χ0) is 12.0. The van der Waals surface area contributed by atoms with Crippen LogP contribution in [0.3, 0.4) is 0 Å². The molecule has 0 amide bonds. The van der Waals surface area contributed by atoms with E-state index in [4.69, 9.17) is 0 Å². The van der Waals surface area contributed by atoms with E-state index in [1.807, 2.05) is 0 Å². The summed E-state index contributed by atoms with van der Waals surface area (Å²) in [6, 6.07) is 8.56. The van der Waals surface area contributed by atoms with Crippen LogP contribution in [0.1, 0.15) is 25.8 Å². The van der Waals surface area contributed by atoms with E-state index in [9.17, 15) is 0 Å². The molecule has 1 atom stereocenters. The Morgan fingerprint density at radius 3 is 2.56 bits per heavy atom. The van der Waals surface area contributed by atoms with Gasteiger partial charge in [-0.15, -0.1) is 0 Å². The van der Waals surface area contributed by atoms with E-state index in [0.717, 1.165) is 19.0 Å². The lowest BCUT2D eigenvalue weighted by Crippen LogP contribution is -2.15. The van der Waals surface area contributed by atoms with Gasteiger partial charge in [-0.2, -0.15) is 0 Å². The maximum absolute atomic E-state index is 3.54. The second-order valence-corrected chi connectivity index (χ2v) is 4.79. The van der Waals surface area contributed by atoms with Crippen LogP contribution in [0, 0.1) is 5.92 Å². The van der Waals surface area contributed by atoms with Gasteiger partial charge in [0.15, 0.2) is 0 Å². The van der Waals surface area contributed by atoms with Crippen LogP contribution < -0.4 is 5.32 Å². The van der Waals surface area contributed by atoms with Gasteiger partial charge in [0.1, 0.15) is 0 Å². The van der Waals surface area contributed by atoms with E-state index in [-0.39, 0.29) is 0 Å². The van der Waals surface area contributed by atoms with Crippen molar-refractivity contribution in [1.82, 2.24) is 4.90 Å². The van der Waals surface area contributed by atoms with Crippen molar-refractivity contribution in [3.63, 3.8) is 0 Å². The number of nitrogens with zero attached hydrogens (tertiary/aromatic N) is 1. The monoisotopic (exact) mass is 220 g/mol. The first-order chi connectivity index (χ1) is 7.63. The maximum atomic E-state index is 3.54. The highest BCUT2D eigenvalue weighted by Gasteiger charge is 2.04. The van der Waals surface area contributed by atoms with Crippen molar-refractivity contribution in [2.24, 2.45) is 5.92 Å². The molecule has 0 heterocycles. The van der Waals surface area contributed by atoms with Gasteiger partial charge in [0, 0.05) is 18.8 Å². The van der Waals surface area contributed by atoms with E-state index in [0.29, 0.717) is 0 Å². The third kappa shape index (κ3) is 4.23. The Kier molecular flexibility index (Phi) is 5.33. The third-order valence-corrected chi connectivity index (χ3v) is 2.84. The SMILES string of the molecule is CCC(C)CNc1ccccc1CN(C)C. The van der Waals surface area contributed by atoms with Crippen LogP contribution in [0.2, 0.25) is 0 Å². The van der Waals surface area contributed by atoms with Crippen LogP contribution in [0.25, 0.3) is 0 Å². The Labute approximate surface area is 99.7 Å². The molecule has 0 aliphatic carbocycles. The Hall–Kier alpha value is -1.02. The van der Waals surface area contributed by atoms with Crippen LogP contribution in [0.4, 0.5) is 5.69 Å². The molecule has 0 aliphatic heterocycles. The van der Waals surface area contributed by atoms with Gasteiger partial charge in [-0.05, 0) is 31.6 Å². The van der Waals surface area contributed by atoms with Gasteiger partial charge in [-0.25, -0.2) is 0 Å². The standard InChI is InChI=1S/C14H24N2/c1-5-12(2)10-15-14-9-7-6-8-13(14)11-16(3)4/h6-9,12,15H,5,10-11H2,1-4H3. The lowest BCUT2D eigenvalue weighted by molar-refractivity contribution is 0.403. The van der Waals surface area contributed by atoms with E-state index in [1.165, 1.54) is 17.7 Å². The van der Waals surface area contributed by atoms with E-state index in [1.54, 1.807) is 0 Å². The fourth-order valence-corrected chi connectivity index (χ4v) is 1.60. The fraction of sp³-hybridized carbons (Fsp3) is 0.571. The molecule has 0 radical (unpaired) electrons. The summed E-state index contributed by atoms with van der Waals surface area (Å²) < 4.78 is 0. The Morgan fingerprint density at radius 1 is 1.25 bits per heavy atom. The molecule has 0 spiro atoms. The highest BCUT2D eigenvalue weighted by atomic mass is 15.1. The predicted octanol–water partition coefficient (Wildman–Crippen LogP) is 3.21. The van der Waals surface area contributed by atoms with Crippen molar-refractivity contribution in [2.45, 2.75) is 26.8 Å². The minimum Gasteiger partial charge on any atom is -0.385 e. The molecule has 2 nitrogen and oxygen atoms in total. The van der Waals surface area contributed by atoms with Gasteiger partial charge in [0.05, 0.1) is 0 Å². The molecule has 1 unspecified atom stereocenters. The molecule has 90 valence electrons. The van der Waals surface area contributed by atoms with E-state index >= 15 is 0 Å². The zero-order valence-corrected chi connectivity index (χ0v) is 11.0. The molecule has 0 aliphatic rings. The quantitative estimate of drug-likeness (QED) is 0.792. The van der Waals surface area contributed by atoms with Gasteiger partial charge in [-0.1, -0.05) is 38.5 Å². The molecule has 1 N–H and O–H groups in total. The molecule has 2 heteroatoms. The molecule has 1 aromatic carbocycles. The molecule has 1 aromatic rings. The lowest BCUT2D eigenvalue weighted by atomic mass is 10.1. The highest BCUT2D eigenvalue weighted by Crippen LogP contribution is 2.17. The molecular weight excluding hydrogens is 196 g/mol. The fourth-order valence-electron chi connectivity index (χ4n) is 1.60. The van der Waals surface area contributed by atoms with Crippen molar-refractivity contribution in [1.29, 1.82) is 0 Å². The molecule has 16 heavy (non-hydrogen) atoms. The predicted molar refractivity (Wildman–Crippen MR) is 71.8 cm³/mol. The average molecular weight is 220 g/mol. The molecule has 0 aromatic heterocycles. The molecule has 0 bridgehead atoms. The third-order valence-electron chi connectivity index (χ3n) is 2.84. The summed E-state index contributed by atoms with van der Waals surface area (Å²) in [6.45, 7) is 6.56. The number of hydrogen-bond acceptors (Lipinski definition) is 2. The number of rotatable bonds is 6. The zero-order valence-electron chi connectivity index (χ0n) is 11.0. The van der Waals surface area contributed by atoms with E-state index < -0.39 is 0 Å². The first kappa shape index (κ1) is 13.0. The smallest absolute Gasteiger partial charge is 0.0385 e. The van der Waals surface area contributed by atoms with Gasteiger partial charge in [-0.3, -0.25) is 0 Å². The van der Waals surface area contributed by atoms with Crippen LogP contribution in [-0.4, -0.2) is 25.5 Å². The second-order valence-electron chi connectivity index (χ2n) is 4.79. The van der Waals surface area contributed by atoms with Crippen molar-refractivity contribution in [3.8, 4) is 0 Å². The summed E-state index contributed by atoms with van der Waals surface area (Å²) in [6.07, 6.45) is 1.23. The Bertz CT molecular complexity index is 307. The molecule has 1 rings (SSSR count). The minimum atomic E-state index is 0.729. The summed E-state index contributed by atoms with van der Waals surface area (Å²) in [4.78, 5) is 2.20. The average Bonchev–Trinajstić information content (AvgIpc) is 2.26. The van der Waals surface area contributed by atoms with Crippen molar-refractivity contribution < 1.29 is 0 Å². The summed E-state index contributed by atoms with van der Waals surface area (Å²) >= 11 is 0. The van der Waals surface area contributed by atoms with Crippen molar-refractivity contribution in [2.75, 3.05) is 26.0 Å². The molecule has 0 fully saturated rings. The number of benzene rings is 1. The summed E-state index contributed by atoms with van der Waals surface area (Å²) in [5.74, 6) is 0.729. The topological polar surface area (TPSA) is 15.3 Å². The van der Waals surface area contributed by atoms with Gasteiger partial charge in [0.25, 0.3) is 0 Å². The Balaban J connectivity index is 2.63. The summed E-state index contributed by atoms with van der Waals surface area (Å²) in [7, 11) is 4.21. The first-order valence-electron chi connectivity index (χ1n) is 6.10. The normalized spacial score (nSPS) is 12.8. The molecule has 0 saturated carbocycles. The van der Waals surface area contributed by atoms with Gasteiger partial charge < -0.3 is 10.2 Å². The van der Waals surface area contributed by atoms with Crippen molar-refractivity contribution in [3.05, 3.63) is 29.8 Å². The van der Waals surface area contributed by atoms with E-state index in [2.05, 4.69) is 62.4 Å². The Morgan fingerprint density at radius 2 is 1.94 bits per heavy atom. The minimum absolute atomic E-state index is 0.729. The first-order valence-corrected chi connectivity index (χ1v) is 6.10. The number of nitrogens with one attached hydrogen (secondary N) is 1. The lowest BCUT2D eigenvalue weighted by Gasteiger charge is -2.17. The van der Waals surface area contributed by atoms with Gasteiger partial charge in [0.2, 0.25) is 0 Å². The number of anilines is 1. The van der Waals surface area contributed by atoms with Crippen LogP contribution in [0.5, 0.6) is 0 Å². The number of hydrogen-bond donors (Lipinski definition) is 1. The second kappa shape index (κ2) is 6.54. The molecular formula is C14H24N2. The summed E-state index contributed by atoms with van der Waals surface area (Å²) in [5, 5.41) is 3.54. The van der Waals surface area contributed by atoms with Crippen LogP contribution in [0.15, 0.2) is 24.3 Å². The largest absolute Gasteiger partial charge is 0.385 e. The highest BCUT2D eigenvalue weighted by molar-refractivity contribution is 5.51. The van der Waals surface area contributed by atoms with Crippen molar-refractivity contribution >= 4 is 5.69 Å². The van der Waals surface area contributed by atoms with Gasteiger partial charge >= 0.3 is 0 Å². The maximum Gasteiger partial charge on any atom is 0.0385 e. The number of para-hydroxylation sites is 1.